The Balaban J connectivity index is 1.34. The van der Waals surface area contributed by atoms with Crippen LogP contribution in [0.3, 0.4) is 0 Å². The molecule has 0 bridgehead atoms. The number of H-pyrrole nitrogens is 1. The van der Waals surface area contributed by atoms with Crippen LogP contribution in [0.1, 0.15) is 21.7 Å². The van der Waals surface area contributed by atoms with Crippen LogP contribution < -0.4 is 10.2 Å². The number of rotatable bonds is 5. The van der Waals surface area contributed by atoms with Gasteiger partial charge in [0.25, 0.3) is 5.91 Å². The van der Waals surface area contributed by atoms with E-state index in [4.69, 9.17) is 28.3 Å². The van der Waals surface area contributed by atoms with Crippen LogP contribution in [0.2, 0.25) is 10.0 Å². The van der Waals surface area contributed by atoms with Gasteiger partial charge < -0.3 is 20.3 Å². The molecule has 0 radical (unpaired) electrons. The van der Waals surface area contributed by atoms with E-state index >= 15 is 0 Å². The highest BCUT2D eigenvalue weighted by atomic mass is 35.5. The van der Waals surface area contributed by atoms with Crippen LogP contribution >= 0.6 is 23.2 Å². The number of nitrogens with zero attached hydrogens (tertiary/aromatic N) is 1. The van der Waals surface area contributed by atoms with Gasteiger partial charge in [0.1, 0.15) is 5.69 Å². The Morgan fingerprint density at radius 1 is 1.19 bits per heavy atom. The van der Waals surface area contributed by atoms with Gasteiger partial charge in [-0.1, -0.05) is 35.3 Å². The molecule has 2 fully saturated rings. The van der Waals surface area contributed by atoms with Crippen LogP contribution in [0.25, 0.3) is 0 Å². The Kier molecular flexibility index (Phi) is 4.56. The molecule has 27 heavy (non-hydrogen) atoms. The van der Waals surface area contributed by atoms with Crippen molar-refractivity contribution in [2.45, 2.75) is 19.4 Å². The second-order valence-corrected chi connectivity index (χ2v) is 7.98. The fourth-order valence-electron chi connectivity index (χ4n) is 3.90. The van der Waals surface area contributed by atoms with Crippen LogP contribution in [0.5, 0.6) is 0 Å². The zero-order valence-corrected chi connectivity index (χ0v) is 16.1. The SMILES string of the molecule is Cc1[nH]c(C(=O)NC2[C@H]3CN(c4ccc(CC(=O)O)cc4)C[C@@H]23)c(Cl)c1Cl. The average molecular weight is 408 g/mol. The minimum absolute atomic E-state index is 0.0322. The summed E-state index contributed by atoms with van der Waals surface area (Å²) in [5.41, 5.74) is 2.86. The summed E-state index contributed by atoms with van der Waals surface area (Å²) in [6, 6.07) is 7.77. The predicted octanol–water partition coefficient (Wildman–Crippen LogP) is 3.12. The molecule has 1 unspecified atom stereocenters. The van der Waals surface area contributed by atoms with Gasteiger partial charge in [0.2, 0.25) is 0 Å². The number of carbonyl (C=O) groups is 2. The molecule has 8 heteroatoms. The van der Waals surface area contributed by atoms with E-state index < -0.39 is 5.97 Å². The number of aromatic amines is 1. The lowest BCUT2D eigenvalue weighted by Crippen LogP contribution is -2.34. The minimum Gasteiger partial charge on any atom is -0.481 e. The largest absolute Gasteiger partial charge is 0.481 e. The first-order valence-electron chi connectivity index (χ1n) is 8.75. The number of carboxylic acid groups (broad SMARTS) is 1. The van der Waals surface area contributed by atoms with Crippen molar-refractivity contribution >= 4 is 40.8 Å². The number of aliphatic carboxylic acids is 1. The van der Waals surface area contributed by atoms with Gasteiger partial charge in [0.15, 0.2) is 0 Å². The fraction of sp³-hybridized carbons (Fsp3) is 0.368. The van der Waals surface area contributed by atoms with Crippen molar-refractivity contribution in [1.82, 2.24) is 10.3 Å². The molecule has 1 aromatic heterocycles. The quantitative estimate of drug-likeness (QED) is 0.710. The molecule has 3 atom stereocenters. The van der Waals surface area contributed by atoms with Crippen LogP contribution in [0.15, 0.2) is 24.3 Å². The van der Waals surface area contributed by atoms with Crippen LogP contribution in [-0.2, 0) is 11.2 Å². The monoisotopic (exact) mass is 407 g/mol. The van der Waals surface area contributed by atoms with Gasteiger partial charge in [-0.05, 0) is 24.6 Å². The fourth-order valence-corrected chi connectivity index (χ4v) is 4.32. The van der Waals surface area contributed by atoms with E-state index in [1.807, 2.05) is 24.3 Å². The Labute approximate surface area is 166 Å². The first-order valence-corrected chi connectivity index (χ1v) is 9.51. The van der Waals surface area contributed by atoms with Crippen molar-refractivity contribution in [2.24, 2.45) is 11.8 Å². The highest BCUT2D eigenvalue weighted by molar-refractivity contribution is 6.44. The number of aromatic nitrogens is 1. The standard InChI is InChI=1S/C19H19Cl2N3O3/c1-9-15(20)16(21)18(22-9)19(27)23-17-12-7-24(8-13(12)17)11-4-2-10(3-5-11)6-14(25)26/h2-5,12-13,17,22H,6-8H2,1H3,(H,23,27)(H,25,26)/t12-,13+,17?. The highest BCUT2D eigenvalue weighted by Crippen LogP contribution is 2.47. The highest BCUT2D eigenvalue weighted by Gasteiger charge is 2.56. The summed E-state index contributed by atoms with van der Waals surface area (Å²) in [4.78, 5) is 28.4. The van der Waals surface area contributed by atoms with E-state index in [-0.39, 0.29) is 23.4 Å². The van der Waals surface area contributed by atoms with E-state index in [0.717, 1.165) is 24.3 Å². The number of carboxylic acids is 1. The Morgan fingerprint density at radius 3 is 2.33 bits per heavy atom. The molecule has 1 saturated carbocycles. The van der Waals surface area contributed by atoms with E-state index in [0.29, 0.717) is 28.2 Å². The third-order valence-electron chi connectivity index (χ3n) is 5.43. The summed E-state index contributed by atoms with van der Waals surface area (Å²) in [6.07, 6.45) is 0.0322. The molecule has 2 aromatic rings. The topological polar surface area (TPSA) is 85.4 Å². The van der Waals surface area contributed by atoms with Gasteiger partial charge in [-0.2, -0.15) is 0 Å². The van der Waals surface area contributed by atoms with Gasteiger partial charge in [-0.15, -0.1) is 0 Å². The van der Waals surface area contributed by atoms with Crippen molar-refractivity contribution < 1.29 is 14.7 Å². The van der Waals surface area contributed by atoms with Gasteiger partial charge in [-0.25, -0.2) is 0 Å². The number of anilines is 1. The summed E-state index contributed by atoms with van der Waals surface area (Å²) < 4.78 is 0. The molecule has 1 aliphatic heterocycles. The molecular formula is C19H19Cl2N3O3. The van der Waals surface area contributed by atoms with Crippen LogP contribution in [0, 0.1) is 18.8 Å². The first-order chi connectivity index (χ1) is 12.8. The van der Waals surface area contributed by atoms with E-state index in [9.17, 15) is 9.59 Å². The number of benzene rings is 1. The maximum Gasteiger partial charge on any atom is 0.307 e. The summed E-state index contributed by atoms with van der Waals surface area (Å²) in [6.45, 7) is 3.51. The second kappa shape index (κ2) is 6.77. The molecular weight excluding hydrogens is 389 g/mol. The molecule has 3 N–H and O–H groups in total. The summed E-state index contributed by atoms with van der Waals surface area (Å²) in [5.74, 6) is -0.225. The number of halogens is 2. The van der Waals surface area contributed by atoms with Crippen molar-refractivity contribution in [3.05, 3.63) is 51.3 Å². The minimum atomic E-state index is -0.831. The molecule has 1 aromatic carbocycles. The Bertz CT molecular complexity index is 898. The van der Waals surface area contributed by atoms with E-state index in [1.54, 1.807) is 6.92 Å². The van der Waals surface area contributed by atoms with Crippen LogP contribution in [-0.4, -0.2) is 41.1 Å². The van der Waals surface area contributed by atoms with Crippen LogP contribution in [0.4, 0.5) is 5.69 Å². The Hall–Kier alpha value is -2.18. The second-order valence-electron chi connectivity index (χ2n) is 7.22. The maximum atomic E-state index is 12.4. The number of amides is 1. The van der Waals surface area contributed by atoms with E-state index in [1.165, 1.54) is 0 Å². The molecule has 142 valence electrons. The molecule has 1 saturated heterocycles. The zero-order chi connectivity index (χ0) is 19.3. The first kappa shape index (κ1) is 18.2. The number of hydrogen-bond acceptors (Lipinski definition) is 3. The zero-order valence-electron chi connectivity index (χ0n) is 14.6. The summed E-state index contributed by atoms with van der Waals surface area (Å²) in [5, 5.41) is 12.5. The van der Waals surface area contributed by atoms with Crippen molar-refractivity contribution in [1.29, 1.82) is 0 Å². The molecule has 1 aliphatic carbocycles. The number of aryl methyl sites for hydroxylation is 1. The molecule has 4 rings (SSSR count). The Morgan fingerprint density at radius 2 is 1.81 bits per heavy atom. The average Bonchev–Trinajstić information content (AvgIpc) is 2.96. The normalized spacial score (nSPS) is 23.2. The predicted molar refractivity (Wildman–Crippen MR) is 104 cm³/mol. The van der Waals surface area contributed by atoms with Crippen molar-refractivity contribution in [2.75, 3.05) is 18.0 Å². The lowest BCUT2D eigenvalue weighted by molar-refractivity contribution is -0.136. The van der Waals surface area contributed by atoms with Gasteiger partial charge in [0, 0.05) is 42.3 Å². The molecule has 2 aliphatic rings. The molecule has 6 nitrogen and oxygen atoms in total. The number of fused-ring (bicyclic) bond motifs is 1. The maximum absolute atomic E-state index is 12.4. The number of piperidine rings is 1. The third-order valence-corrected chi connectivity index (χ3v) is 6.38. The number of hydrogen-bond donors (Lipinski definition) is 3. The van der Waals surface area contributed by atoms with Crippen molar-refractivity contribution in [3.63, 3.8) is 0 Å². The van der Waals surface area contributed by atoms with Gasteiger partial charge in [-0.3, -0.25) is 9.59 Å². The summed E-state index contributed by atoms with van der Waals surface area (Å²) >= 11 is 12.1. The summed E-state index contributed by atoms with van der Waals surface area (Å²) in [7, 11) is 0. The third kappa shape index (κ3) is 3.39. The lowest BCUT2D eigenvalue weighted by Gasteiger charge is -2.22. The molecule has 2 heterocycles. The lowest BCUT2D eigenvalue weighted by atomic mass is 10.1. The number of nitrogens with one attached hydrogen (secondary N) is 2. The van der Waals surface area contributed by atoms with E-state index in [2.05, 4.69) is 15.2 Å². The number of carbonyl (C=O) groups excluding carboxylic acids is 1. The van der Waals surface area contributed by atoms with Gasteiger partial charge in [0.05, 0.1) is 16.5 Å². The van der Waals surface area contributed by atoms with Crippen molar-refractivity contribution in [3.8, 4) is 0 Å². The van der Waals surface area contributed by atoms with Gasteiger partial charge >= 0.3 is 5.97 Å². The smallest absolute Gasteiger partial charge is 0.307 e. The molecule has 1 amide bonds. The molecule has 0 spiro atoms.